The Morgan fingerprint density at radius 3 is 2.79 bits per heavy atom. The van der Waals surface area contributed by atoms with Crippen LogP contribution in [-0.4, -0.2) is 42.4 Å². The highest BCUT2D eigenvalue weighted by Gasteiger charge is 2.10. The van der Waals surface area contributed by atoms with Gasteiger partial charge in [0.1, 0.15) is 4.83 Å². The first-order valence-electron chi connectivity index (χ1n) is 8.61. The number of aromatic nitrogens is 2. The Labute approximate surface area is 170 Å². The Morgan fingerprint density at radius 1 is 1.25 bits per heavy atom. The third-order valence-electron chi connectivity index (χ3n) is 4.03. The largest absolute Gasteiger partial charge is 0.493 e. The van der Waals surface area contributed by atoms with Crippen LogP contribution in [0.15, 0.2) is 34.2 Å². The molecule has 1 aromatic carbocycles. The monoisotopic (exact) mass is 419 g/mol. The van der Waals surface area contributed by atoms with Crippen LogP contribution in [0.3, 0.4) is 0 Å². The van der Waals surface area contributed by atoms with E-state index < -0.39 is 0 Å². The molecule has 3 rings (SSSR count). The second kappa shape index (κ2) is 9.11. The third-order valence-corrected chi connectivity index (χ3v) is 5.85. The molecule has 0 atom stereocenters. The SMILES string of the molecule is COc1ccc(CCNC(=O)CSc2nc3sc(C)cc3c(=O)[nH]2)cc1OC. The van der Waals surface area contributed by atoms with Crippen molar-refractivity contribution in [2.45, 2.75) is 18.5 Å². The summed E-state index contributed by atoms with van der Waals surface area (Å²) in [4.78, 5) is 33.0. The van der Waals surface area contributed by atoms with Crippen molar-refractivity contribution >= 4 is 39.2 Å². The number of thiophene rings is 1. The topological polar surface area (TPSA) is 93.3 Å². The van der Waals surface area contributed by atoms with Crippen molar-refractivity contribution in [3.8, 4) is 11.5 Å². The maximum atomic E-state index is 12.1. The first kappa shape index (κ1) is 20.2. The molecule has 0 bridgehead atoms. The fraction of sp³-hybridized carbons (Fsp3) is 0.316. The molecule has 3 aromatic rings. The number of nitrogens with zero attached hydrogens (tertiary/aromatic N) is 1. The van der Waals surface area contributed by atoms with Crippen LogP contribution < -0.4 is 20.3 Å². The van der Waals surface area contributed by atoms with Gasteiger partial charge in [-0.05, 0) is 37.1 Å². The van der Waals surface area contributed by atoms with Crippen molar-refractivity contribution in [3.63, 3.8) is 0 Å². The van der Waals surface area contributed by atoms with Crippen LogP contribution in [0.5, 0.6) is 11.5 Å². The molecule has 0 radical (unpaired) electrons. The van der Waals surface area contributed by atoms with Crippen molar-refractivity contribution in [2.75, 3.05) is 26.5 Å². The lowest BCUT2D eigenvalue weighted by molar-refractivity contribution is -0.118. The van der Waals surface area contributed by atoms with E-state index in [4.69, 9.17) is 9.47 Å². The number of aryl methyl sites for hydroxylation is 1. The first-order chi connectivity index (χ1) is 13.5. The summed E-state index contributed by atoms with van der Waals surface area (Å²) in [5.74, 6) is 1.41. The molecular weight excluding hydrogens is 398 g/mol. The van der Waals surface area contributed by atoms with E-state index in [9.17, 15) is 9.59 Å². The molecule has 9 heteroatoms. The number of amides is 1. The second-order valence-corrected chi connectivity index (χ2v) is 8.22. The van der Waals surface area contributed by atoms with Gasteiger partial charge in [0, 0.05) is 11.4 Å². The van der Waals surface area contributed by atoms with E-state index in [1.54, 1.807) is 14.2 Å². The van der Waals surface area contributed by atoms with Crippen LogP contribution in [0.1, 0.15) is 10.4 Å². The molecule has 0 aliphatic heterocycles. The van der Waals surface area contributed by atoms with Crippen LogP contribution >= 0.6 is 23.1 Å². The maximum absolute atomic E-state index is 12.1. The number of hydrogen-bond donors (Lipinski definition) is 2. The standard InChI is InChI=1S/C19H21N3O4S2/c1-11-8-13-17(24)21-19(22-18(13)28-11)27-10-16(23)20-7-6-12-4-5-14(25-2)15(9-12)26-3/h4-5,8-9H,6-7,10H2,1-3H3,(H,20,23)(H,21,22,24). The van der Waals surface area contributed by atoms with E-state index in [-0.39, 0.29) is 17.2 Å². The molecule has 0 spiro atoms. The molecule has 148 valence electrons. The fourth-order valence-corrected chi connectivity index (χ4v) is 4.30. The van der Waals surface area contributed by atoms with Crippen LogP contribution in [0.4, 0.5) is 0 Å². The lowest BCUT2D eigenvalue weighted by Gasteiger charge is -2.10. The molecule has 1 amide bonds. The van der Waals surface area contributed by atoms with Gasteiger partial charge in [-0.2, -0.15) is 0 Å². The zero-order valence-corrected chi connectivity index (χ0v) is 17.5. The van der Waals surface area contributed by atoms with E-state index >= 15 is 0 Å². The van der Waals surface area contributed by atoms with E-state index in [1.165, 1.54) is 23.1 Å². The average Bonchev–Trinajstić information content (AvgIpc) is 3.07. The predicted molar refractivity (Wildman–Crippen MR) is 112 cm³/mol. The van der Waals surface area contributed by atoms with Gasteiger partial charge in [-0.15, -0.1) is 11.3 Å². The lowest BCUT2D eigenvalue weighted by Crippen LogP contribution is -2.27. The Hall–Kier alpha value is -2.52. The quantitative estimate of drug-likeness (QED) is 0.431. The number of fused-ring (bicyclic) bond motifs is 1. The maximum Gasteiger partial charge on any atom is 0.260 e. The molecular formula is C19H21N3O4S2. The molecule has 0 fully saturated rings. The van der Waals surface area contributed by atoms with Crippen LogP contribution in [-0.2, 0) is 11.2 Å². The highest BCUT2D eigenvalue weighted by Crippen LogP contribution is 2.27. The van der Waals surface area contributed by atoms with Crippen LogP contribution in [0, 0.1) is 6.92 Å². The summed E-state index contributed by atoms with van der Waals surface area (Å²) < 4.78 is 10.5. The van der Waals surface area contributed by atoms with Crippen molar-refractivity contribution in [1.82, 2.24) is 15.3 Å². The number of aromatic amines is 1. The number of methoxy groups -OCH3 is 2. The van der Waals surface area contributed by atoms with E-state index in [0.29, 0.717) is 39.8 Å². The number of H-pyrrole nitrogens is 1. The summed E-state index contributed by atoms with van der Waals surface area (Å²) in [6, 6.07) is 7.50. The predicted octanol–water partition coefficient (Wildman–Crippen LogP) is 2.76. The average molecular weight is 420 g/mol. The number of thioether (sulfide) groups is 1. The minimum atomic E-state index is -0.175. The molecule has 0 aliphatic rings. The number of carbonyl (C=O) groups excluding carboxylic acids is 1. The molecule has 2 aromatic heterocycles. The van der Waals surface area contributed by atoms with E-state index in [2.05, 4.69) is 15.3 Å². The minimum absolute atomic E-state index is 0.115. The first-order valence-corrected chi connectivity index (χ1v) is 10.4. The molecule has 0 saturated carbocycles. The molecule has 2 heterocycles. The van der Waals surface area contributed by atoms with Gasteiger partial charge in [0.2, 0.25) is 5.91 Å². The summed E-state index contributed by atoms with van der Waals surface area (Å²) in [6.07, 6.45) is 0.673. The molecule has 7 nitrogen and oxygen atoms in total. The van der Waals surface area contributed by atoms with Gasteiger partial charge >= 0.3 is 0 Å². The molecule has 0 saturated heterocycles. The van der Waals surface area contributed by atoms with Crippen LogP contribution in [0.2, 0.25) is 0 Å². The van der Waals surface area contributed by atoms with Crippen molar-refractivity contribution in [2.24, 2.45) is 0 Å². The number of ether oxygens (including phenoxy) is 2. The van der Waals surface area contributed by atoms with Gasteiger partial charge in [-0.1, -0.05) is 17.8 Å². The third kappa shape index (κ3) is 4.85. The number of benzene rings is 1. The van der Waals surface area contributed by atoms with Gasteiger partial charge in [0.15, 0.2) is 16.7 Å². The molecule has 0 aliphatic carbocycles. The highest BCUT2D eigenvalue weighted by molar-refractivity contribution is 7.99. The summed E-state index contributed by atoms with van der Waals surface area (Å²) >= 11 is 2.68. The second-order valence-electron chi connectivity index (χ2n) is 6.02. The van der Waals surface area contributed by atoms with Gasteiger partial charge in [0.25, 0.3) is 5.56 Å². The van der Waals surface area contributed by atoms with Gasteiger partial charge in [-0.3, -0.25) is 9.59 Å². The Morgan fingerprint density at radius 2 is 2.04 bits per heavy atom. The van der Waals surface area contributed by atoms with Gasteiger partial charge < -0.3 is 19.8 Å². The van der Waals surface area contributed by atoms with Gasteiger partial charge in [-0.25, -0.2) is 4.98 Å². The minimum Gasteiger partial charge on any atom is -0.493 e. The lowest BCUT2D eigenvalue weighted by atomic mass is 10.1. The summed E-state index contributed by atoms with van der Waals surface area (Å²) in [6.45, 7) is 2.44. The Bertz CT molecular complexity index is 1050. The van der Waals surface area contributed by atoms with Crippen molar-refractivity contribution < 1.29 is 14.3 Å². The smallest absolute Gasteiger partial charge is 0.260 e. The zero-order chi connectivity index (χ0) is 20.1. The number of nitrogens with one attached hydrogen (secondary N) is 2. The van der Waals surface area contributed by atoms with Crippen molar-refractivity contribution in [1.29, 1.82) is 0 Å². The zero-order valence-electron chi connectivity index (χ0n) is 15.8. The summed E-state index contributed by atoms with van der Waals surface area (Å²) in [5.41, 5.74) is 0.862. The fourth-order valence-electron chi connectivity index (χ4n) is 2.67. The molecule has 28 heavy (non-hydrogen) atoms. The number of carbonyl (C=O) groups is 1. The normalized spacial score (nSPS) is 10.8. The summed E-state index contributed by atoms with van der Waals surface area (Å²) in [7, 11) is 3.18. The van der Waals surface area contributed by atoms with E-state index in [0.717, 1.165) is 10.4 Å². The van der Waals surface area contributed by atoms with Gasteiger partial charge in [0.05, 0.1) is 25.4 Å². The molecule has 2 N–H and O–H groups in total. The number of rotatable bonds is 8. The highest BCUT2D eigenvalue weighted by atomic mass is 32.2. The van der Waals surface area contributed by atoms with E-state index in [1.807, 2.05) is 31.2 Å². The molecule has 0 unspecified atom stereocenters. The Balaban J connectivity index is 1.50. The Kier molecular flexibility index (Phi) is 6.58. The summed E-state index contributed by atoms with van der Waals surface area (Å²) in [5, 5.41) is 3.92. The number of hydrogen-bond acceptors (Lipinski definition) is 7. The van der Waals surface area contributed by atoms with Crippen LogP contribution in [0.25, 0.3) is 10.2 Å². The van der Waals surface area contributed by atoms with Crippen molar-refractivity contribution in [3.05, 3.63) is 45.1 Å².